The molecule has 0 amide bonds. The topological polar surface area (TPSA) is 26.9 Å². The second-order valence-electron chi connectivity index (χ2n) is 6.71. The Morgan fingerprint density at radius 2 is 1.37 bits per heavy atom. The van der Waals surface area contributed by atoms with Gasteiger partial charge in [0.25, 0.3) is 0 Å². The third-order valence-electron chi connectivity index (χ3n) is 5.13. The molecule has 3 heteroatoms. The Morgan fingerprint density at radius 1 is 0.741 bits per heavy atom. The van der Waals surface area contributed by atoms with Gasteiger partial charge in [-0.1, -0.05) is 66.7 Å². The summed E-state index contributed by atoms with van der Waals surface area (Å²) in [6.07, 6.45) is 0. The fourth-order valence-electron chi connectivity index (χ4n) is 3.92. The normalized spacial score (nSPS) is 11.3. The van der Waals surface area contributed by atoms with E-state index in [1.165, 1.54) is 0 Å². The first-order valence-corrected chi connectivity index (χ1v) is 9.00. The molecule has 0 spiro atoms. The standard InChI is InChI=1S/C24H18N2O/c1-25-20-15-9-8-14-19(20)23-22(27)16-21(17-10-4-2-5-11-17)26(24(23)25)18-12-6-3-7-13-18/h2-16H,1H3. The van der Waals surface area contributed by atoms with Crippen LogP contribution in [0.5, 0.6) is 0 Å². The van der Waals surface area contributed by atoms with E-state index in [9.17, 15) is 4.79 Å². The highest BCUT2D eigenvalue weighted by Crippen LogP contribution is 2.31. The molecule has 5 aromatic rings. The molecule has 3 nitrogen and oxygen atoms in total. The smallest absolute Gasteiger partial charge is 0.192 e. The van der Waals surface area contributed by atoms with Gasteiger partial charge in [0, 0.05) is 24.2 Å². The molecule has 0 saturated carbocycles. The van der Waals surface area contributed by atoms with Crippen LogP contribution in [0.1, 0.15) is 0 Å². The van der Waals surface area contributed by atoms with E-state index in [1.807, 2.05) is 73.8 Å². The van der Waals surface area contributed by atoms with Crippen LogP contribution in [0.25, 0.3) is 38.9 Å². The highest BCUT2D eigenvalue weighted by Gasteiger charge is 2.18. The number of pyridine rings is 1. The minimum atomic E-state index is 0.0489. The quantitative estimate of drug-likeness (QED) is 0.432. The van der Waals surface area contributed by atoms with Crippen LogP contribution in [0, 0.1) is 0 Å². The molecule has 5 rings (SSSR count). The maximum absolute atomic E-state index is 13.2. The summed E-state index contributed by atoms with van der Waals surface area (Å²) in [5.74, 6) is 0. The minimum absolute atomic E-state index is 0.0489. The molecule has 0 aliphatic rings. The van der Waals surface area contributed by atoms with E-state index in [0.29, 0.717) is 0 Å². The zero-order valence-electron chi connectivity index (χ0n) is 15.0. The monoisotopic (exact) mass is 350 g/mol. The fourth-order valence-corrected chi connectivity index (χ4v) is 3.92. The molecule has 0 fully saturated rings. The van der Waals surface area contributed by atoms with Crippen LogP contribution in [-0.4, -0.2) is 9.13 Å². The highest BCUT2D eigenvalue weighted by molar-refractivity contribution is 6.07. The number of hydrogen-bond acceptors (Lipinski definition) is 1. The second kappa shape index (κ2) is 5.99. The Morgan fingerprint density at radius 3 is 2.11 bits per heavy atom. The van der Waals surface area contributed by atoms with E-state index in [2.05, 4.69) is 27.3 Å². The molecule has 130 valence electrons. The molecular weight excluding hydrogens is 332 g/mol. The first-order chi connectivity index (χ1) is 13.3. The number of nitrogens with zero attached hydrogens (tertiary/aromatic N) is 2. The molecule has 0 saturated heterocycles. The van der Waals surface area contributed by atoms with Crippen LogP contribution in [-0.2, 0) is 7.05 Å². The van der Waals surface area contributed by atoms with Crippen molar-refractivity contribution in [1.29, 1.82) is 0 Å². The van der Waals surface area contributed by atoms with E-state index in [0.717, 1.165) is 38.9 Å². The summed E-state index contributed by atoms with van der Waals surface area (Å²) < 4.78 is 4.30. The first kappa shape index (κ1) is 15.6. The molecule has 2 aromatic heterocycles. The average molecular weight is 350 g/mol. The van der Waals surface area contributed by atoms with E-state index in [-0.39, 0.29) is 5.43 Å². The molecule has 0 bridgehead atoms. The summed E-state index contributed by atoms with van der Waals surface area (Å²) >= 11 is 0. The average Bonchev–Trinajstić information content (AvgIpc) is 3.03. The molecule has 3 aromatic carbocycles. The van der Waals surface area contributed by atoms with Crippen LogP contribution < -0.4 is 5.43 Å². The van der Waals surface area contributed by atoms with Gasteiger partial charge in [-0.15, -0.1) is 0 Å². The molecule has 0 aliphatic carbocycles. The lowest BCUT2D eigenvalue weighted by Gasteiger charge is -2.17. The molecule has 27 heavy (non-hydrogen) atoms. The molecule has 0 N–H and O–H groups in total. The fraction of sp³-hybridized carbons (Fsp3) is 0.0417. The third-order valence-corrected chi connectivity index (χ3v) is 5.13. The molecule has 0 unspecified atom stereocenters. The first-order valence-electron chi connectivity index (χ1n) is 9.00. The second-order valence-corrected chi connectivity index (χ2v) is 6.71. The van der Waals surface area contributed by atoms with Crippen LogP contribution in [0.4, 0.5) is 0 Å². The van der Waals surface area contributed by atoms with Crippen LogP contribution >= 0.6 is 0 Å². The Bertz CT molecular complexity index is 1330. The Balaban J connectivity index is 2.04. The van der Waals surface area contributed by atoms with Gasteiger partial charge in [-0.3, -0.25) is 9.36 Å². The van der Waals surface area contributed by atoms with E-state index >= 15 is 0 Å². The lowest BCUT2D eigenvalue weighted by atomic mass is 10.1. The summed E-state index contributed by atoms with van der Waals surface area (Å²) in [5.41, 5.74) is 4.96. The van der Waals surface area contributed by atoms with Gasteiger partial charge < -0.3 is 4.57 Å². The van der Waals surface area contributed by atoms with Gasteiger partial charge in [0.15, 0.2) is 5.43 Å². The number of para-hydroxylation sites is 2. The SMILES string of the molecule is Cn1c2ccccc2c2c(=O)cc(-c3ccccc3)n(-c3ccccc3)c21. The lowest BCUT2D eigenvalue weighted by Crippen LogP contribution is -2.12. The number of rotatable bonds is 2. The Kier molecular flexibility index (Phi) is 3.47. The van der Waals surface area contributed by atoms with Gasteiger partial charge >= 0.3 is 0 Å². The molecule has 0 aliphatic heterocycles. The minimum Gasteiger partial charge on any atom is -0.329 e. The van der Waals surface area contributed by atoms with Crippen LogP contribution in [0.15, 0.2) is 95.8 Å². The predicted octanol–water partition coefficient (Wildman–Crippen LogP) is 5.15. The van der Waals surface area contributed by atoms with E-state index in [4.69, 9.17) is 0 Å². The van der Waals surface area contributed by atoms with Crippen molar-refractivity contribution in [1.82, 2.24) is 9.13 Å². The molecule has 2 heterocycles. The van der Waals surface area contributed by atoms with Crippen molar-refractivity contribution in [2.75, 3.05) is 0 Å². The zero-order valence-corrected chi connectivity index (χ0v) is 15.0. The van der Waals surface area contributed by atoms with E-state index in [1.54, 1.807) is 6.07 Å². The Hall–Kier alpha value is -3.59. The van der Waals surface area contributed by atoms with Crippen molar-refractivity contribution >= 4 is 21.9 Å². The van der Waals surface area contributed by atoms with Crippen molar-refractivity contribution in [3.63, 3.8) is 0 Å². The summed E-state index contributed by atoms with van der Waals surface area (Å²) in [6.45, 7) is 0. The predicted molar refractivity (Wildman–Crippen MR) is 111 cm³/mol. The van der Waals surface area contributed by atoms with Gasteiger partial charge in [-0.25, -0.2) is 0 Å². The van der Waals surface area contributed by atoms with Crippen molar-refractivity contribution in [2.45, 2.75) is 0 Å². The third kappa shape index (κ3) is 2.32. The van der Waals surface area contributed by atoms with Crippen molar-refractivity contribution in [3.8, 4) is 16.9 Å². The van der Waals surface area contributed by atoms with E-state index < -0.39 is 0 Å². The van der Waals surface area contributed by atoms with Gasteiger partial charge in [-0.05, 0) is 23.8 Å². The van der Waals surface area contributed by atoms with Crippen LogP contribution in [0.2, 0.25) is 0 Å². The number of aryl methyl sites for hydroxylation is 1. The summed E-state index contributed by atoms with van der Waals surface area (Å²) in [4.78, 5) is 13.2. The van der Waals surface area contributed by atoms with Crippen molar-refractivity contribution < 1.29 is 0 Å². The maximum atomic E-state index is 13.2. The molecule has 0 radical (unpaired) electrons. The number of hydrogen-bond donors (Lipinski definition) is 0. The summed E-state index contributed by atoms with van der Waals surface area (Å²) in [5, 5.41) is 1.75. The lowest BCUT2D eigenvalue weighted by molar-refractivity contribution is 0.944. The van der Waals surface area contributed by atoms with Gasteiger partial charge in [0.05, 0.1) is 16.6 Å². The molecule has 0 atom stereocenters. The van der Waals surface area contributed by atoms with Crippen LogP contribution in [0.3, 0.4) is 0 Å². The molecular formula is C24H18N2O. The largest absolute Gasteiger partial charge is 0.329 e. The maximum Gasteiger partial charge on any atom is 0.192 e. The van der Waals surface area contributed by atoms with Gasteiger partial charge in [-0.2, -0.15) is 0 Å². The number of fused-ring (bicyclic) bond motifs is 3. The highest BCUT2D eigenvalue weighted by atomic mass is 16.1. The van der Waals surface area contributed by atoms with Gasteiger partial charge in [0.1, 0.15) is 5.65 Å². The number of benzene rings is 3. The van der Waals surface area contributed by atoms with Gasteiger partial charge in [0.2, 0.25) is 0 Å². The number of aromatic nitrogens is 2. The van der Waals surface area contributed by atoms with Crippen molar-refractivity contribution in [2.24, 2.45) is 7.05 Å². The Labute approximate surface area is 156 Å². The van der Waals surface area contributed by atoms with Crippen molar-refractivity contribution in [3.05, 3.63) is 101 Å². The zero-order chi connectivity index (χ0) is 18.4. The summed E-state index contributed by atoms with van der Waals surface area (Å²) in [7, 11) is 2.03. The summed E-state index contributed by atoms with van der Waals surface area (Å²) in [6, 6.07) is 30.1.